The van der Waals surface area contributed by atoms with E-state index >= 15 is 0 Å². The number of hydrogen-bond acceptors (Lipinski definition) is 7. The highest BCUT2D eigenvalue weighted by Crippen LogP contribution is 2.69. The zero-order valence-electron chi connectivity index (χ0n) is 20.8. The molecular weight excluding hydrogens is 546 g/mol. The van der Waals surface area contributed by atoms with Crippen molar-refractivity contribution in [2.45, 2.75) is 29.8 Å². The smallest absolute Gasteiger partial charge is 0.177 e. The fourth-order valence-corrected chi connectivity index (χ4v) is 6.61. The van der Waals surface area contributed by atoms with E-state index in [9.17, 15) is 10.2 Å². The topological polar surface area (TPSA) is 96.7 Å². The third kappa shape index (κ3) is 3.66. The fraction of sp³-hybridized carbons (Fsp3) is 0.267. The van der Waals surface area contributed by atoms with Crippen molar-refractivity contribution in [1.29, 1.82) is 0 Å². The fourth-order valence-electron chi connectivity index (χ4n) is 6.34. The van der Waals surface area contributed by atoms with E-state index in [0.717, 1.165) is 21.2 Å². The van der Waals surface area contributed by atoms with Gasteiger partial charge in [0.15, 0.2) is 11.2 Å². The van der Waals surface area contributed by atoms with E-state index in [2.05, 4.69) is 31.2 Å². The number of halogens is 1. The van der Waals surface area contributed by atoms with E-state index in [-0.39, 0.29) is 0 Å². The van der Waals surface area contributed by atoms with E-state index < -0.39 is 29.1 Å². The van der Waals surface area contributed by atoms with Crippen LogP contribution in [0.2, 0.25) is 0 Å². The minimum Gasteiger partial charge on any atom is -0.495 e. The molecule has 3 N–H and O–H groups in total. The summed E-state index contributed by atoms with van der Waals surface area (Å²) in [4.78, 5) is 8.48. The van der Waals surface area contributed by atoms with E-state index in [0.29, 0.717) is 30.2 Å². The lowest BCUT2D eigenvalue weighted by atomic mass is 9.70. The van der Waals surface area contributed by atoms with Gasteiger partial charge in [-0.15, -0.1) is 0 Å². The van der Waals surface area contributed by atoms with Gasteiger partial charge in [0.05, 0.1) is 31.2 Å². The maximum atomic E-state index is 12.8. The van der Waals surface area contributed by atoms with Crippen LogP contribution < -0.4 is 14.8 Å². The third-order valence-electron chi connectivity index (χ3n) is 7.88. The van der Waals surface area contributed by atoms with Crippen molar-refractivity contribution in [3.8, 4) is 11.5 Å². The molecule has 0 amide bonds. The van der Waals surface area contributed by atoms with Gasteiger partial charge in [0.1, 0.15) is 11.5 Å². The first-order valence-electron chi connectivity index (χ1n) is 12.5. The number of ether oxygens (including phenoxy) is 2. The van der Waals surface area contributed by atoms with E-state index in [1.807, 2.05) is 72.9 Å². The predicted octanol–water partition coefficient (Wildman–Crippen LogP) is 4.29. The molecule has 4 aromatic rings. The van der Waals surface area contributed by atoms with Crippen LogP contribution >= 0.6 is 15.9 Å². The molecule has 7 nitrogen and oxygen atoms in total. The Morgan fingerprint density at radius 2 is 1.79 bits per heavy atom. The molecule has 8 heteroatoms. The highest BCUT2D eigenvalue weighted by atomic mass is 79.9. The van der Waals surface area contributed by atoms with Crippen LogP contribution in [0.25, 0.3) is 0 Å². The van der Waals surface area contributed by atoms with Gasteiger partial charge in [0.25, 0.3) is 0 Å². The number of pyridine rings is 2. The zero-order chi connectivity index (χ0) is 26.3. The van der Waals surface area contributed by atoms with Crippen LogP contribution in [0.1, 0.15) is 28.2 Å². The van der Waals surface area contributed by atoms with Crippen LogP contribution in [0.3, 0.4) is 0 Å². The lowest BCUT2D eigenvalue weighted by molar-refractivity contribution is -0.152. The first kappa shape index (κ1) is 25.0. The lowest BCUT2D eigenvalue weighted by Gasteiger charge is -2.41. The molecule has 0 spiro atoms. The van der Waals surface area contributed by atoms with Gasteiger partial charge in [-0.25, -0.2) is 0 Å². The quantitative estimate of drug-likeness (QED) is 0.303. The summed E-state index contributed by atoms with van der Waals surface area (Å²) in [6.07, 6.45) is 5.51. The summed E-state index contributed by atoms with van der Waals surface area (Å²) in [7, 11) is 1.53. The largest absolute Gasteiger partial charge is 0.495 e. The number of hydrogen-bond donors (Lipinski definition) is 3. The number of fused-ring (bicyclic) bond motifs is 3. The molecule has 0 radical (unpaired) electrons. The number of aromatic nitrogens is 2. The van der Waals surface area contributed by atoms with Gasteiger partial charge in [-0.2, -0.15) is 0 Å². The Morgan fingerprint density at radius 3 is 2.50 bits per heavy atom. The average molecular weight is 574 g/mol. The highest BCUT2D eigenvalue weighted by Gasteiger charge is 2.76. The van der Waals surface area contributed by atoms with Gasteiger partial charge in [-0.05, 0) is 34.9 Å². The highest BCUT2D eigenvalue weighted by molar-refractivity contribution is 9.10. The summed E-state index contributed by atoms with van der Waals surface area (Å²) in [5.41, 5.74) is 0.00923. The summed E-state index contributed by atoms with van der Waals surface area (Å²) in [5.74, 6) is -0.0487. The number of aliphatic hydroxyl groups is 2. The van der Waals surface area contributed by atoms with Gasteiger partial charge in [0, 0.05) is 41.8 Å². The lowest BCUT2D eigenvalue weighted by Crippen LogP contribution is -2.52. The minimum atomic E-state index is -1.81. The second kappa shape index (κ2) is 9.78. The first-order chi connectivity index (χ1) is 18.5. The summed E-state index contributed by atoms with van der Waals surface area (Å²) >= 11 is 3.53. The van der Waals surface area contributed by atoms with Crippen LogP contribution in [0.15, 0.2) is 96.0 Å². The van der Waals surface area contributed by atoms with Crippen molar-refractivity contribution in [2.75, 3.05) is 13.7 Å². The van der Waals surface area contributed by atoms with Crippen molar-refractivity contribution < 1.29 is 19.7 Å². The Labute approximate surface area is 229 Å². The van der Waals surface area contributed by atoms with Crippen LogP contribution in [-0.2, 0) is 17.7 Å². The number of nitrogens with zero attached hydrogens (tertiary/aromatic N) is 2. The van der Waals surface area contributed by atoms with Crippen LogP contribution in [0, 0.1) is 5.92 Å². The minimum absolute atomic E-state index is 0.374. The zero-order valence-corrected chi connectivity index (χ0v) is 22.4. The number of rotatable bonds is 7. The summed E-state index contributed by atoms with van der Waals surface area (Å²) in [6, 6.07) is 21.6. The van der Waals surface area contributed by atoms with Crippen LogP contribution in [0.5, 0.6) is 11.5 Å². The molecule has 3 heterocycles. The second-order valence-electron chi connectivity index (χ2n) is 9.82. The molecule has 2 aliphatic rings. The van der Waals surface area contributed by atoms with Gasteiger partial charge in [0.2, 0.25) is 0 Å². The van der Waals surface area contributed by atoms with Crippen molar-refractivity contribution in [3.05, 3.63) is 118 Å². The van der Waals surface area contributed by atoms with Gasteiger partial charge in [-0.3, -0.25) is 9.97 Å². The molecular formula is C30H28BrN3O4. The summed E-state index contributed by atoms with van der Waals surface area (Å²) in [6.45, 7) is 1.01. The molecule has 5 atom stereocenters. The standard InChI is InChI=1S/C30H28BrN3O4/c1-37-24-17-34-18-25-27(24)29(36)28(35)23(16-33-15-19-6-5-13-32-14-19)26(20-7-3-2-4-8-20)30(29,38-25)21-9-11-22(31)12-10-21/h2-14,17-18,23,26,28,33,35-36H,15-16H2,1H3/t23?,26?,28-,29+,30+/m1/s1. The van der Waals surface area contributed by atoms with Crippen molar-refractivity contribution in [1.82, 2.24) is 15.3 Å². The average Bonchev–Trinajstić information content (AvgIpc) is 3.33. The molecule has 2 unspecified atom stereocenters. The molecule has 1 aliphatic carbocycles. The Hall–Kier alpha value is -3.30. The molecule has 2 aromatic heterocycles. The van der Waals surface area contributed by atoms with Crippen molar-refractivity contribution in [3.63, 3.8) is 0 Å². The first-order valence-corrected chi connectivity index (χ1v) is 13.3. The SMILES string of the molecule is COc1cncc2c1[C@]1(O)[C@H](O)C(CNCc3cccnc3)C(c3ccccc3)[C@]1(c1ccc(Br)cc1)O2. The molecule has 2 aromatic carbocycles. The van der Waals surface area contributed by atoms with E-state index in [1.165, 1.54) is 7.11 Å². The van der Waals surface area contributed by atoms with Crippen LogP contribution in [-0.4, -0.2) is 39.9 Å². The van der Waals surface area contributed by atoms with Gasteiger partial charge in [-0.1, -0.05) is 64.5 Å². The molecule has 38 heavy (non-hydrogen) atoms. The number of methoxy groups -OCH3 is 1. The molecule has 1 saturated carbocycles. The van der Waals surface area contributed by atoms with Crippen LogP contribution in [0.4, 0.5) is 0 Å². The molecule has 0 saturated heterocycles. The van der Waals surface area contributed by atoms with Gasteiger partial charge < -0.3 is 25.0 Å². The molecule has 1 aliphatic heterocycles. The Balaban J connectivity index is 1.53. The monoisotopic (exact) mass is 573 g/mol. The summed E-state index contributed by atoms with van der Waals surface area (Å²) < 4.78 is 13.4. The van der Waals surface area contributed by atoms with Crippen molar-refractivity contribution >= 4 is 15.9 Å². The van der Waals surface area contributed by atoms with E-state index in [4.69, 9.17) is 9.47 Å². The third-order valence-corrected chi connectivity index (χ3v) is 8.41. The second-order valence-corrected chi connectivity index (χ2v) is 10.7. The Kier molecular flexibility index (Phi) is 6.44. The van der Waals surface area contributed by atoms with Crippen molar-refractivity contribution in [2.24, 2.45) is 5.92 Å². The predicted molar refractivity (Wildman–Crippen MR) is 146 cm³/mol. The molecule has 1 fully saturated rings. The number of benzene rings is 2. The normalized spacial score (nSPS) is 27.4. The maximum Gasteiger partial charge on any atom is 0.177 e. The summed E-state index contributed by atoms with van der Waals surface area (Å²) in [5, 5.41) is 28.4. The maximum absolute atomic E-state index is 12.8. The van der Waals surface area contributed by atoms with E-state index in [1.54, 1.807) is 18.6 Å². The number of aliphatic hydroxyl groups excluding tert-OH is 1. The molecule has 0 bridgehead atoms. The Morgan fingerprint density at radius 1 is 1.00 bits per heavy atom. The molecule has 6 rings (SSSR count). The Bertz CT molecular complexity index is 1420. The molecule has 194 valence electrons. The van der Waals surface area contributed by atoms with Gasteiger partial charge >= 0.3 is 0 Å². The number of nitrogens with one attached hydrogen (secondary N) is 1.